The van der Waals surface area contributed by atoms with E-state index in [9.17, 15) is 10.5 Å². The van der Waals surface area contributed by atoms with Crippen LogP contribution in [-0.2, 0) is 0 Å². The van der Waals surface area contributed by atoms with Crippen molar-refractivity contribution < 1.29 is 0 Å². The summed E-state index contributed by atoms with van der Waals surface area (Å²) in [5.41, 5.74) is 11.0. The molecule has 0 saturated heterocycles. The van der Waals surface area contributed by atoms with E-state index >= 15 is 0 Å². The number of fused-ring (bicyclic) bond motifs is 6. The van der Waals surface area contributed by atoms with E-state index in [1.165, 1.54) is 0 Å². The van der Waals surface area contributed by atoms with E-state index in [0.717, 1.165) is 71.7 Å². The highest BCUT2D eigenvalue weighted by atomic mass is 15.0. The molecule has 5 nitrogen and oxygen atoms in total. The van der Waals surface area contributed by atoms with Crippen molar-refractivity contribution in [3.63, 3.8) is 0 Å². The maximum absolute atomic E-state index is 10.2. The molecule has 0 aliphatic carbocycles. The second-order valence-electron chi connectivity index (χ2n) is 12.3. The van der Waals surface area contributed by atoms with Gasteiger partial charge in [-0.05, 0) is 89.5 Å². The highest BCUT2D eigenvalue weighted by Gasteiger charge is 2.18. The summed E-state index contributed by atoms with van der Waals surface area (Å²) >= 11 is 0. The fraction of sp³-hybridized carbons (Fsp3) is 0. The van der Waals surface area contributed by atoms with Crippen LogP contribution in [0.3, 0.4) is 0 Å². The number of aromatic nitrogens is 2. The van der Waals surface area contributed by atoms with Crippen molar-refractivity contribution in [3.8, 4) is 45.8 Å². The second kappa shape index (κ2) is 11.4. The molecule has 0 amide bonds. The molecule has 0 aliphatic rings. The minimum Gasteiger partial charge on any atom is -0.309 e. The summed E-state index contributed by atoms with van der Waals surface area (Å²) in [5, 5.41) is 24.3. The largest absolute Gasteiger partial charge is 0.309 e. The van der Waals surface area contributed by atoms with Gasteiger partial charge < -0.3 is 9.13 Å². The number of hydrogen-bond acceptors (Lipinski definition) is 2. The Hall–Kier alpha value is -7.39. The Morgan fingerprint density at radius 1 is 0.460 bits per heavy atom. The van der Waals surface area contributed by atoms with Gasteiger partial charge in [0, 0.05) is 44.0 Å². The number of para-hydroxylation sites is 3. The quantitative estimate of drug-likeness (QED) is 0.181. The average Bonchev–Trinajstić information content (AvgIpc) is 3.70. The molecule has 9 rings (SSSR count). The zero-order valence-corrected chi connectivity index (χ0v) is 26.7. The van der Waals surface area contributed by atoms with Gasteiger partial charge in [-0.15, -0.1) is 0 Å². The van der Waals surface area contributed by atoms with Crippen LogP contribution < -0.4 is 0 Å². The molecule has 0 N–H and O–H groups in total. The van der Waals surface area contributed by atoms with Crippen molar-refractivity contribution in [2.24, 2.45) is 0 Å². The third-order valence-electron chi connectivity index (χ3n) is 9.57. The van der Waals surface area contributed by atoms with Crippen molar-refractivity contribution >= 4 is 49.3 Å². The lowest BCUT2D eigenvalue weighted by Gasteiger charge is -2.16. The molecule has 230 valence electrons. The summed E-state index contributed by atoms with van der Waals surface area (Å²) in [4.78, 5) is 3.84. The lowest BCUT2D eigenvalue weighted by Crippen LogP contribution is -1.97. The molecule has 0 aliphatic heterocycles. The topological polar surface area (TPSA) is 61.8 Å². The highest BCUT2D eigenvalue weighted by Crippen LogP contribution is 2.41. The first-order chi connectivity index (χ1) is 24.7. The van der Waals surface area contributed by atoms with Crippen LogP contribution in [0.5, 0.6) is 0 Å². The monoisotopic (exact) mass is 635 g/mol. The van der Waals surface area contributed by atoms with Gasteiger partial charge in [0.15, 0.2) is 5.69 Å². The van der Waals surface area contributed by atoms with Gasteiger partial charge in [-0.2, -0.15) is 10.5 Å². The predicted octanol–water partition coefficient (Wildman–Crippen LogP) is 11.5. The van der Waals surface area contributed by atoms with E-state index in [0.29, 0.717) is 22.4 Å². The molecule has 0 fully saturated rings. The smallest absolute Gasteiger partial charge is 0.196 e. The molecule has 2 heterocycles. The first-order valence-electron chi connectivity index (χ1n) is 16.3. The van der Waals surface area contributed by atoms with E-state index in [1.54, 1.807) is 18.2 Å². The van der Waals surface area contributed by atoms with Gasteiger partial charge in [-0.3, -0.25) is 0 Å². The van der Waals surface area contributed by atoms with Gasteiger partial charge in [-0.1, -0.05) is 78.9 Å². The van der Waals surface area contributed by atoms with Crippen molar-refractivity contribution in [3.05, 3.63) is 174 Å². The molecule has 2 aromatic heterocycles. The highest BCUT2D eigenvalue weighted by molar-refractivity contribution is 6.10. The minimum atomic E-state index is 0.435. The van der Waals surface area contributed by atoms with Gasteiger partial charge in [0.1, 0.15) is 0 Å². The van der Waals surface area contributed by atoms with Crippen LogP contribution >= 0.6 is 0 Å². The molecular formula is C45H25N5. The van der Waals surface area contributed by atoms with Crippen LogP contribution in [0.4, 0.5) is 5.69 Å². The summed E-state index contributed by atoms with van der Waals surface area (Å²) in [5.74, 6) is 0. The number of rotatable bonds is 4. The maximum atomic E-state index is 10.2. The molecular weight excluding hydrogens is 611 g/mol. The molecule has 0 unspecified atom stereocenters. The molecule has 0 atom stereocenters. The van der Waals surface area contributed by atoms with Gasteiger partial charge in [0.25, 0.3) is 0 Å². The van der Waals surface area contributed by atoms with Crippen molar-refractivity contribution in [2.45, 2.75) is 0 Å². The van der Waals surface area contributed by atoms with Gasteiger partial charge in [0.2, 0.25) is 0 Å². The number of benzene rings is 7. The van der Waals surface area contributed by atoms with Crippen LogP contribution in [0.25, 0.3) is 82.1 Å². The minimum absolute atomic E-state index is 0.435. The fourth-order valence-electron chi connectivity index (χ4n) is 7.43. The third-order valence-corrected chi connectivity index (χ3v) is 9.57. The summed E-state index contributed by atoms with van der Waals surface area (Å²) in [7, 11) is 0. The Kier molecular flexibility index (Phi) is 6.56. The molecule has 50 heavy (non-hydrogen) atoms. The average molecular weight is 636 g/mol. The zero-order valence-electron chi connectivity index (χ0n) is 26.7. The number of nitrogens with zero attached hydrogens (tertiary/aromatic N) is 5. The van der Waals surface area contributed by atoms with E-state index < -0.39 is 0 Å². The van der Waals surface area contributed by atoms with Crippen LogP contribution in [0, 0.1) is 29.2 Å². The maximum Gasteiger partial charge on any atom is 0.196 e. The summed E-state index contributed by atoms with van der Waals surface area (Å²) < 4.78 is 4.52. The molecule has 0 radical (unpaired) electrons. The molecule has 0 spiro atoms. The Labute approximate surface area is 288 Å². The zero-order chi connectivity index (χ0) is 33.8. The standard InChI is InChI=1S/C45H25N5/c1-48-40-16-9-11-31(28-47)45(40)33-23-32(25-35(26-33)50-41-17-5-2-13-36(41)37-14-3-6-18-42(37)50)30-10-8-12-34(24-30)49-43-19-7-4-15-38(43)39-22-29(27-46)20-21-44(39)49/h2-26H. The molecule has 5 heteroatoms. The van der Waals surface area contributed by atoms with Crippen LogP contribution in [-0.4, -0.2) is 9.13 Å². The number of nitriles is 2. The Bertz CT molecular complexity index is 2890. The number of hydrogen-bond donors (Lipinski definition) is 0. The van der Waals surface area contributed by atoms with Crippen LogP contribution in [0.1, 0.15) is 11.1 Å². The van der Waals surface area contributed by atoms with Gasteiger partial charge in [0.05, 0.1) is 46.3 Å². The van der Waals surface area contributed by atoms with Crippen molar-refractivity contribution in [2.75, 3.05) is 0 Å². The molecule has 0 bridgehead atoms. The van der Waals surface area contributed by atoms with E-state index in [2.05, 4.69) is 129 Å². The van der Waals surface area contributed by atoms with E-state index in [-0.39, 0.29) is 0 Å². The van der Waals surface area contributed by atoms with Gasteiger partial charge in [-0.25, -0.2) is 4.85 Å². The Morgan fingerprint density at radius 3 is 1.70 bits per heavy atom. The third kappa shape index (κ3) is 4.38. The first kappa shape index (κ1) is 28.8. The van der Waals surface area contributed by atoms with Crippen LogP contribution in [0.2, 0.25) is 0 Å². The SMILES string of the molecule is [C-]#[N+]c1cccc(C#N)c1-c1cc(-c2cccc(-n3c4ccccc4c4cc(C#N)ccc43)c2)cc(-n2c3ccccc3c3ccccc32)c1. The lowest BCUT2D eigenvalue weighted by atomic mass is 9.94. The van der Waals surface area contributed by atoms with Crippen molar-refractivity contribution in [1.82, 2.24) is 9.13 Å². The fourth-order valence-corrected chi connectivity index (χ4v) is 7.43. The summed E-state index contributed by atoms with van der Waals surface area (Å²) in [6, 6.07) is 55.7. The summed E-state index contributed by atoms with van der Waals surface area (Å²) in [6.07, 6.45) is 0. The van der Waals surface area contributed by atoms with Gasteiger partial charge >= 0.3 is 0 Å². The Morgan fingerprint density at radius 2 is 1.04 bits per heavy atom. The van der Waals surface area contributed by atoms with E-state index in [4.69, 9.17) is 6.57 Å². The molecule has 9 aromatic rings. The molecule has 7 aromatic carbocycles. The van der Waals surface area contributed by atoms with E-state index in [1.807, 2.05) is 30.3 Å². The van der Waals surface area contributed by atoms with Crippen molar-refractivity contribution in [1.29, 1.82) is 10.5 Å². The Balaban J connectivity index is 1.33. The van der Waals surface area contributed by atoms with Crippen LogP contribution in [0.15, 0.2) is 152 Å². The summed E-state index contributed by atoms with van der Waals surface area (Å²) in [6.45, 7) is 7.99. The first-order valence-corrected chi connectivity index (χ1v) is 16.3. The normalized spacial score (nSPS) is 11.1. The molecule has 0 saturated carbocycles. The lowest BCUT2D eigenvalue weighted by molar-refractivity contribution is 1.17. The predicted molar refractivity (Wildman–Crippen MR) is 202 cm³/mol. The second-order valence-corrected chi connectivity index (χ2v) is 12.3.